The molecular formula is C19H20ClN5O2. The van der Waals surface area contributed by atoms with Crippen LogP contribution in [0.5, 0.6) is 0 Å². The van der Waals surface area contributed by atoms with Gasteiger partial charge in [0, 0.05) is 5.02 Å². The number of rotatable bonds is 5. The first-order valence-corrected chi connectivity index (χ1v) is 9.43. The number of carbonyl (C=O) groups excluding carboxylic acids is 1. The molecule has 4 rings (SSSR count). The van der Waals surface area contributed by atoms with E-state index in [4.69, 9.17) is 11.6 Å². The molecule has 8 heteroatoms. The first kappa shape index (κ1) is 17.7. The summed E-state index contributed by atoms with van der Waals surface area (Å²) in [5.41, 5.74) is 1.14. The van der Waals surface area contributed by atoms with Gasteiger partial charge in [-0.1, -0.05) is 36.6 Å². The van der Waals surface area contributed by atoms with Gasteiger partial charge in [0.1, 0.15) is 11.9 Å². The van der Waals surface area contributed by atoms with Crippen LogP contribution in [-0.2, 0) is 11.3 Å². The highest BCUT2D eigenvalue weighted by molar-refractivity contribution is 6.30. The highest BCUT2D eigenvalue weighted by Gasteiger charge is 2.28. The number of aromatic amines is 1. The molecule has 1 atom stereocenters. The molecule has 1 aliphatic rings. The number of carbonyl (C=O) groups is 1. The lowest BCUT2D eigenvalue weighted by Gasteiger charge is -2.25. The largest absolute Gasteiger partial charge is 0.347 e. The number of fused-ring (bicyclic) bond motifs is 1. The fourth-order valence-electron chi connectivity index (χ4n) is 3.84. The molecule has 0 radical (unpaired) electrons. The molecule has 2 heterocycles. The Morgan fingerprint density at radius 2 is 2.19 bits per heavy atom. The fourth-order valence-corrected chi connectivity index (χ4v) is 4.04. The molecule has 1 aliphatic carbocycles. The quantitative estimate of drug-likeness (QED) is 0.706. The van der Waals surface area contributed by atoms with E-state index in [9.17, 15) is 9.59 Å². The molecule has 2 N–H and O–H groups in total. The zero-order valence-electron chi connectivity index (χ0n) is 14.7. The molecule has 0 spiro atoms. The lowest BCUT2D eigenvalue weighted by Crippen LogP contribution is -2.35. The Bertz CT molecular complexity index is 1020. The summed E-state index contributed by atoms with van der Waals surface area (Å²) in [7, 11) is 0. The summed E-state index contributed by atoms with van der Waals surface area (Å²) < 4.78 is 1.45. The van der Waals surface area contributed by atoms with Gasteiger partial charge < -0.3 is 10.3 Å². The molecule has 3 aromatic rings. The Morgan fingerprint density at radius 3 is 2.96 bits per heavy atom. The lowest BCUT2D eigenvalue weighted by atomic mass is 9.91. The lowest BCUT2D eigenvalue weighted by molar-refractivity contribution is -0.122. The van der Waals surface area contributed by atoms with Crippen LogP contribution < -0.4 is 10.9 Å². The van der Waals surface area contributed by atoms with Crippen molar-refractivity contribution in [2.75, 3.05) is 0 Å². The summed E-state index contributed by atoms with van der Waals surface area (Å²) in [5.74, 6) is 0.224. The highest BCUT2D eigenvalue weighted by Crippen LogP contribution is 2.36. The van der Waals surface area contributed by atoms with Crippen LogP contribution in [0, 0.1) is 5.92 Å². The van der Waals surface area contributed by atoms with Gasteiger partial charge in [-0.25, -0.2) is 9.67 Å². The molecule has 0 bridgehead atoms. The average Bonchev–Trinajstić information content (AvgIpc) is 3.31. The maximum absolute atomic E-state index is 12.7. The predicted octanol–water partition coefficient (Wildman–Crippen LogP) is 2.82. The number of hydrogen-bond donors (Lipinski definition) is 2. The molecule has 2 aromatic heterocycles. The standard InChI is InChI=1S/C19H20ClN5O2/c20-14-7-3-6-13(8-14)17(12-4-1-2-5-12)24-16(26)10-25-18-15(9-23-25)19(27)22-11-21-18/h3,6-9,11-12,17H,1-2,4-5,10H2,(H,24,26)(H,21,22,27)/t17-/m0/s1. The molecule has 1 aromatic carbocycles. The van der Waals surface area contributed by atoms with Gasteiger partial charge in [-0.05, 0) is 36.5 Å². The number of aromatic nitrogens is 4. The van der Waals surface area contributed by atoms with Gasteiger partial charge in [-0.3, -0.25) is 9.59 Å². The highest BCUT2D eigenvalue weighted by atomic mass is 35.5. The molecule has 1 saturated carbocycles. The molecule has 0 saturated heterocycles. The van der Waals surface area contributed by atoms with Gasteiger partial charge in [0.05, 0.1) is 18.6 Å². The Kier molecular flexibility index (Phi) is 4.94. The minimum atomic E-state index is -0.269. The van der Waals surface area contributed by atoms with Gasteiger partial charge in [0.2, 0.25) is 5.91 Å². The monoisotopic (exact) mass is 385 g/mol. The predicted molar refractivity (Wildman–Crippen MR) is 102 cm³/mol. The number of amides is 1. The third-order valence-electron chi connectivity index (χ3n) is 5.13. The molecule has 1 amide bonds. The van der Waals surface area contributed by atoms with Crippen LogP contribution in [0.3, 0.4) is 0 Å². The number of benzene rings is 1. The summed E-state index contributed by atoms with van der Waals surface area (Å²) in [6.45, 7) is 0.00371. The Morgan fingerprint density at radius 1 is 1.37 bits per heavy atom. The van der Waals surface area contributed by atoms with Crippen LogP contribution >= 0.6 is 11.6 Å². The number of hydrogen-bond acceptors (Lipinski definition) is 4. The maximum atomic E-state index is 12.7. The summed E-state index contributed by atoms with van der Waals surface area (Å²) in [5, 5.41) is 8.31. The van der Waals surface area contributed by atoms with Crippen molar-refractivity contribution in [3.05, 3.63) is 57.7 Å². The molecular weight excluding hydrogens is 366 g/mol. The molecule has 27 heavy (non-hydrogen) atoms. The van der Waals surface area contributed by atoms with Crippen LogP contribution in [0.25, 0.3) is 11.0 Å². The SMILES string of the molecule is O=C(Cn1ncc2c(=O)[nH]cnc21)N[C@H](c1cccc(Cl)c1)C1CCCC1. The van der Waals surface area contributed by atoms with Crippen LogP contribution in [0.4, 0.5) is 0 Å². The van der Waals surface area contributed by atoms with E-state index in [0.717, 1.165) is 18.4 Å². The third kappa shape index (κ3) is 3.73. The zero-order chi connectivity index (χ0) is 18.8. The molecule has 0 aliphatic heterocycles. The maximum Gasteiger partial charge on any atom is 0.261 e. The van der Waals surface area contributed by atoms with Gasteiger partial charge >= 0.3 is 0 Å². The van der Waals surface area contributed by atoms with Gasteiger partial charge in [0.15, 0.2) is 5.65 Å². The van der Waals surface area contributed by atoms with Crippen molar-refractivity contribution in [1.82, 2.24) is 25.1 Å². The first-order chi connectivity index (χ1) is 13.1. The van der Waals surface area contributed by atoms with Crippen molar-refractivity contribution in [3.63, 3.8) is 0 Å². The summed E-state index contributed by atoms with van der Waals surface area (Å²) in [6, 6.07) is 7.56. The Hall–Kier alpha value is -2.67. The minimum absolute atomic E-state index is 0.00371. The van der Waals surface area contributed by atoms with E-state index >= 15 is 0 Å². The first-order valence-electron chi connectivity index (χ1n) is 9.06. The number of nitrogens with one attached hydrogen (secondary N) is 2. The Labute approximate surface area is 160 Å². The average molecular weight is 386 g/mol. The van der Waals surface area contributed by atoms with Crippen molar-refractivity contribution in [3.8, 4) is 0 Å². The molecule has 0 unspecified atom stereocenters. The van der Waals surface area contributed by atoms with E-state index in [2.05, 4.69) is 20.4 Å². The Balaban J connectivity index is 1.56. The van der Waals surface area contributed by atoms with E-state index in [1.54, 1.807) is 0 Å². The number of H-pyrrole nitrogens is 1. The van der Waals surface area contributed by atoms with E-state index in [-0.39, 0.29) is 24.1 Å². The minimum Gasteiger partial charge on any atom is -0.347 e. The van der Waals surface area contributed by atoms with E-state index in [0.29, 0.717) is 22.0 Å². The van der Waals surface area contributed by atoms with Crippen LogP contribution in [0.2, 0.25) is 5.02 Å². The number of nitrogens with zero attached hydrogens (tertiary/aromatic N) is 3. The van der Waals surface area contributed by atoms with Gasteiger partial charge in [-0.2, -0.15) is 5.10 Å². The summed E-state index contributed by atoms with van der Waals surface area (Å²) in [6.07, 6.45) is 7.26. The van der Waals surface area contributed by atoms with Crippen molar-refractivity contribution < 1.29 is 4.79 Å². The van der Waals surface area contributed by atoms with Crippen molar-refractivity contribution in [2.45, 2.75) is 38.3 Å². The normalized spacial score (nSPS) is 15.9. The van der Waals surface area contributed by atoms with Crippen molar-refractivity contribution in [1.29, 1.82) is 0 Å². The topological polar surface area (TPSA) is 92.7 Å². The molecule has 1 fully saturated rings. The van der Waals surface area contributed by atoms with E-state index in [1.165, 1.54) is 30.0 Å². The number of halogens is 1. The van der Waals surface area contributed by atoms with Crippen molar-refractivity contribution in [2.24, 2.45) is 5.92 Å². The van der Waals surface area contributed by atoms with Crippen LogP contribution in [0.15, 0.2) is 41.6 Å². The van der Waals surface area contributed by atoms with E-state index in [1.807, 2.05) is 24.3 Å². The fraction of sp³-hybridized carbons (Fsp3) is 0.368. The second-order valence-electron chi connectivity index (χ2n) is 6.92. The van der Waals surface area contributed by atoms with Gasteiger partial charge in [0.25, 0.3) is 5.56 Å². The second kappa shape index (κ2) is 7.52. The van der Waals surface area contributed by atoms with Crippen LogP contribution in [-0.4, -0.2) is 25.7 Å². The van der Waals surface area contributed by atoms with Crippen molar-refractivity contribution >= 4 is 28.5 Å². The van der Waals surface area contributed by atoms with Gasteiger partial charge in [-0.15, -0.1) is 0 Å². The summed E-state index contributed by atoms with van der Waals surface area (Å²) in [4.78, 5) is 31.2. The zero-order valence-corrected chi connectivity index (χ0v) is 15.4. The molecule has 7 nitrogen and oxygen atoms in total. The summed E-state index contributed by atoms with van der Waals surface area (Å²) >= 11 is 6.16. The van der Waals surface area contributed by atoms with E-state index < -0.39 is 0 Å². The third-order valence-corrected chi connectivity index (χ3v) is 5.36. The molecule has 140 valence electrons. The smallest absolute Gasteiger partial charge is 0.261 e. The van der Waals surface area contributed by atoms with Crippen LogP contribution in [0.1, 0.15) is 37.3 Å². The second-order valence-corrected chi connectivity index (χ2v) is 7.35.